The summed E-state index contributed by atoms with van der Waals surface area (Å²) in [4.78, 5) is 4.75. The molecule has 0 aromatic heterocycles. The SMILES string of the molecule is CCC1(C)CSC(Nc2ccc(C3OCCO3)cc2)=N1. The Morgan fingerprint density at radius 3 is 2.60 bits per heavy atom. The van der Waals surface area contributed by atoms with Crippen LogP contribution in [0.5, 0.6) is 0 Å². The summed E-state index contributed by atoms with van der Waals surface area (Å²) in [6, 6.07) is 8.17. The smallest absolute Gasteiger partial charge is 0.184 e. The number of nitrogens with one attached hydrogen (secondary N) is 1. The normalized spacial score (nSPS) is 26.8. The maximum atomic E-state index is 5.48. The summed E-state index contributed by atoms with van der Waals surface area (Å²) in [5, 5.41) is 4.39. The summed E-state index contributed by atoms with van der Waals surface area (Å²) in [7, 11) is 0. The monoisotopic (exact) mass is 292 g/mol. The molecule has 20 heavy (non-hydrogen) atoms. The molecule has 1 N–H and O–H groups in total. The first kappa shape index (κ1) is 13.9. The number of ether oxygens (including phenoxy) is 2. The number of hydrogen-bond donors (Lipinski definition) is 1. The van der Waals surface area contributed by atoms with E-state index in [1.165, 1.54) is 0 Å². The number of nitrogens with zero attached hydrogens (tertiary/aromatic N) is 1. The summed E-state index contributed by atoms with van der Waals surface area (Å²) >= 11 is 1.79. The Bertz CT molecular complexity index is 497. The first-order valence-electron chi connectivity index (χ1n) is 7.01. The van der Waals surface area contributed by atoms with Crippen LogP contribution in [-0.4, -0.2) is 29.7 Å². The van der Waals surface area contributed by atoms with Crippen molar-refractivity contribution in [1.82, 2.24) is 0 Å². The third-order valence-corrected chi connectivity index (χ3v) is 4.94. The summed E-state index contributed by atoms with van der Waals surface area (Å²) in [6.45, 7) is 5.73. The van der Waals surface area contributed by atoms with Crippen LogP contribution in [0.4, 0.5) is 5.69 Å². The Balaban J connectivity index is 1.65. The number of thioether (sulfide) groups is 1. The molecular formula is C15H20N2O2S. The number of aliphatic imine (C=N–C) groups is 1. The quantitative estimate of drug-likeness (QED) is 0.927. The topological polar surface area (TPSA) is 42.8 Å². The Hall–Kier alpha value is -1.04. The van der Waals surface area contributed by atoms with Crippen LogP contribution in [-0.2, 0) is 9.47 Å². The number of hydrogen-bond acceptors (Lipinski definition) is 5. The largest absolute Gasteiger partial charge is 0.346 e. The first-order chi connectivity index (χ1) is 9.68. The second-order valence-electron chi connectivity index (χ2n) is 5.38. The first-order valence-corrected chi connectivity index (χ1v) is 8.00. The minimum atomic E-state index is -0.203. The van der Waals surface area contributed by atoms with Crippen LogP contribution in [0.3, 0.4) is 0 Å². The van der Waals surface area contributed by atoms with E-state index in [4.69, 9.17) is 14.5 Å². The van der Waals surface area contributed by atoms with Crippen molar-refractivity contribution in [3.8, 4) is 0 Å². The molecule has 5 heteroatoms. The van der Waals surface area contributed by atoms with Gasteiger partial charge in [-0.3, -0.25) is 4.99 Å². The summed E-state index contributed by atoms with van der Waals surface area (Å²) in [5.41, 5.74) is 2.20. The molecule has 0 spiro atoms. The lowest BCUT2D eigenvalue weighted by atomic mass is 10.0. The number of rotatable bonds is 3. The zero-order valence-electron chi connectivity index (χ0n) is 11.9. The van der Waals surface area contributed by atoms with Crippen molar-refractivity contribution in [2.45, 2.75) is 32.1 Å². The fourth-order valence-corrected chi connectivity index (χ4v) is 3.37. The highest BCUT2D eigenvalue weighted by Crippen LogP contribution is 2.31. The maximum absolute atomic E-state index is 5.48. The van der Waals surface area contributed by atoms with Gasteiger partial charge in [0.2, 0.25) is 0 Å². The van der Waals surface area contributed by atoms with Gasteiger partial charge in [-0.2, -0.15) is 0 Å². The van der Waals surface area contributed by atoms with Gasteiger partial charge in [0.1, 0.15) is 0 Å². The molecule has 1 atom stereocenters. The maximum Gasteiger partial charge on any atom is 0.184 e. The van der Waals surface area contributed by atoms with Gasteiger partial charge in [-0.1, -0.05) is 30.8 Å². The van der Waals surface area contributed by atoms with Crippen LogP contribution in [0.1, 0.15) is 32.1 Å². The number of anilines is 1. The van der Waals surface area contributed by atoms with E-state index < -0.39 is 0 Å². The Morgan fingerprint density at radius 2 is 2.00 bits per heavy atom. The molecule has 0 amide bonds. The molecule has 1 unspecified atom stereocenters. The molecule has 4 nitrogen and oxygen atoms in total. The molecule has 0 bridgehead atoms. The van der Waals surface area contributed by atoms with Gasteiger partial charge in [-0.15, -0.1) is 0 Å². The van der Waals surface area contributed by atoms with Gasteiger partial charge in [-0.05, 0) is 25.5 Å². The molecular weight excluding hydrogens is 272 g/mol. The molecule has 0 saturated carbocycles. The van der Waals surface area contributed by atoms with Crippen LogP contribution in [0.2, 0.25) is 0 Å². The van der Waals surface area contributed by atoms with Crippen LogP contribution in [0.25, 0.3) is 0 Å². The Kier molecular flexibility index (Phi) is 4.01. The van der Waals surface area contributed by atoms with Crippen LogP contribution in [0, 0.1) is 0 Å². The Labute approximate surface area is 123 Å². The highest BCUT2D eigenvalue weighted by molar-refractivity contribution is 8.14. The fraction of sp³-hybridized carbons (Fsp3) is 0.533. The number of benzene rings is 1. The van der Waals surface area contributed by atoms with Crippen molar-refractivity contribution in [2.75, 3.05) is 24.3 Å². The average Bonchev–Trinajstić information content (AvgIpc) is 3.11. The van der Waals surface area contributed by atoms with E-state index in [0.717, 1.165) is 28.6 Å². The van der Waals surface area contributed by atoms with Crippen molar-refractivity contribution in [3.05, 3.63) is 29.8 Å². The molecule has 2 heterocycles. The molecule has 2 aliphatic rings. The van der Waals surface area contributed by atoms with Crippen molar-refractivity contribution in [3.63, 3.8) is 0 Å². The van der Waals surface area contributed by atoms with Crippen molar-refractivity contribution in [2.24, 2.45) is 4.99 Å². The lowest BCUT2D eigenvalue weighted by molar-refractivity contribution is -0.0441. The highest BCUT2D eigenvalue weighted by Gasteiger charge is 2.28. The van der Waals surface area contributed by atoms with E-state index in [1.54, 1.807) is 11.8 Å². The molecule has 0 aliphatic carbocycles. The van der Waals surface area contributed by atoms with E-state index in [2.05, 4.69) is 19.2 Å². The molecule has 2 aliphatic heterocycles. The van der Waals surface area contributed by atoms with Gasteiger partial charge in [0.25, 0.3) is 0 Å². The van der Waals surface area contributed by atoms with Crippen LogP contribution in [0.15, 0.2) is 29.3 Å². The van der Waals surface area contributed by atoms with E-state index in [-0.39, 0.29) is 11.8 Å². The second kappa shape index (κ2) is 5.76. The molecule has 1 aromatic rings. The molecule has 1 aromatic carbocycles. The van der Waals surface area contributed by atoms with E-state index in [1.807, 2.05) is 24.3 Å². The van der Waals surface area contributed by atoms with E-state index >= 15 is 0 Å². The Morgan fingerprint density at radius 1 is 1.30 bits per heavy atom. The average molecular weight is 292 g/mol. The molecule has 1 fully saturated rings. The van der Waals surface area contributed by atoms with Gasteiger partial charge in [0.15, 0.2) is 11.5 Å². The zero-order chi connectivity index (χ0) is 14.0. The summed E-state index contributed by atoms with van der Waals surface area (Å²) in [5.74, 6) is 1.05. The lowest BCUT2D eigenvalue weighted by Gasteiger charge is -2.15. The van der Waals surface area contributed by atoms with Gasteiger partial charge >= 0.3 is 0 Å². The third kappa shape index (κ3) is 3.00. The van der Waals surface area contributed by atoms with E-state index in [0.29, 0.717) is 13.2 Å². The van der Waals surface area contributed by atoms with Gasteiger partial charge < -0.3 is 14.8 Å². The lowest BCUT2D eigenvalue weighted by Crippen LogP contribution is -2.20. The fourth-order valence-electron chi connectivity index (χ4n) is 2.18. The minimum Gasteiger partial charge on any atom is -0.346 e. The number of amidine groups is 1. The molecule has 1 saturated heterocycles. The predicted octanol–water partition coefficient (Wildman–Crippen LogP) is 3.42. The van der Waals surface area contributed by atoms with Crippen molar-refractivity contribution < 1.29 is 9.47 Å². The third-order valence-electron chi connectivity index (χ3n) is 3.71. The predicted molar refractivity (Wildman–Crippen MR) is 83.3 cm³/mol. The minimum absolute atomic E-state index is 0.0818. The van der Waals surface area contributed by atoms with Gasteiger partial charge in [0, 0.05) is 17.0 Å². The molecule has 108 valence electrons. The summed E-state index contributed by atoms with van der Waals surface area (Å²) < 4.78 is 11.0. The second-order valence-corrected chi connectivity index (χ2v) is 6.34. The van der Waals surface area contributed by atoms with Crippen LogP contribution >= 0.6 is 11.8 Å². The molecule has 0 radical (unpaired) electrons. The summed E-state index contributed by atoms with van der Waals surface area (Å²) in [6.07, 6.45) is 0.867. The van der Waals surface area contributed by atoms with Gasteiger partial charge in [0.05, 0.1) is 18.8 Å². The highest BCUT2D eigenvalue weighted by atomic mass is 32.2. The van der Waals surface area contributed by atoms with Crippen molar-refractivity contribution in [1.29, 1.82) is 0 Å². The standard InChI is InChI=1S/C15H20N2O2S/c1-3-15(2)10-20-14(17-15)16-12-6-4-11(5-7-12)13-18-8-9-19-13/h4-7,13H,3,8-10H2,1-2H3,(H,16,17). The molecule has 3 rings (SSSR count). The van der Waals surface area contributed by atoms with Gasteiger partial charge in [-0.25, -0.2) is 0 Å². The van der Waals surface area contributed by atoms with Crippen molar-refractivity contribution >= 4 is 22.6 Å². The zero-order valence-corrected chi connectivity index (χ0v) is 12.7. The van der Waals surface area contributed by atoms with E-state index in [9.17, 15) is 0 Å². The van der Waals surface area contributed by atoms with Crippen LogP contribution < -0.4 is 5.32 Å².